The highest BCUT2D eigenvalue weighted by molar-refractivity contribution is 9.10. The summed E-state index contributed by atoms with van der Waals surface area (Å²) in [6.45, 7) is 0. The summed E-state index contributed by atoms with van der Waals surface area (Å²) in [5.41, 5.74) is 0.670. The molecule has 1 aromatic carbocycles. The monoisotopic (exact) mass is 225 g/mol. The summed E-state index contributed by atoms with van der Waals surface area (Å²) in [6, 6.07) is 6.29. The van der Waals surface area contributed by atoms with Gasteiger partial charge in [0.1, 0.15) is 5.82 Å². The van der Waals surface area contributed by atoms with Crippen molar-refractivity contribution in [1.82, 2.24) is 0 Å². The molecular weight excluding hydrogens is 221 g/mol. The van der Waals surface area contributed by atoms with Gasteiger partial charge in [0, 0.05) is 10.5 Å². The molecule has 0 N–H and O–H groups in total. The Bertz CT molecular complexity index is 332. The third-order valence-corrected chi connectivity index (χ3v) is 1.69. The topological polar surface area (TPSA) is 23.8 Å². The molecule has 0 aliphatic heterocycles. The second-order valence-electron chi connectivity index (χ2n) is 2.17. The maximum Gasteiger partial charge on any atom is 0.124 e. The maximum absolute atomic E-state index is 12.7. The number of allylic oxidation sites excluding steroid dienone is 1. The molecule has 12 heavy (non-hydrogen) atoms. The molecule has 0 unspecified atom stereocenters. The summed E-state index contributed by atoms with van der Waals surface area (Å²) < 4.78 is 13.4. The first kappa shape index (κ1) is 8.95. The van der Waals surface area contributed by atoms with Gasteiger partial charge in [-0.05, 0) is 29.8 Å². The highest BCUT2D eigenvalue weighted by Gasteiger charge is 1.94. The van der Waals surface area contributed by atoms with Gasteiger partial charge in [0.2, 0.25) is 0 Å². The second kappa shape index (κ2) is 4.03. The van der Waals surface area contributed by atoms with Gasteiger partial charge in [-0.25, -0.2) is 4.39 Å². The highest BCUT2D eigenvalue weighted by atomic mass is 79.9. The van der Waals surface area contributed by atoms with Gasteiger partial charge < -0.3 is 0 Å². The van der Waals surface area contributed by atoms with Crippen LogP contribution in [-0.2, 0) is 0 Å². The first-order valence-corrected chi connectivity index (χ1v) is 4.04. The molecular formula is C9H5BrFN. The second-order valence-corrected chi connectivity index (χ2v) is 3.08. The van der Waals surface area contributed by atoms with E-state index in [2.05, 4.69) is 15.9 Å². The van der Waals surface area contributed by atoms with Crippen LogP contribution in [-0.4, -0.2) is 0 Å². The smallest absolute Gasteiger partial charge is 0.124 e. The van der Waals surface area contributed by atoms with E-state index < -0.39 is 0 Å². The van der Waals surface area contributed by atoms with Crippen molar-refractivity contribution in [3.8, 4) is 6.07 Å². The number of rotatable bonds is 1. The van der Waals surface area contributed by atoms with Gasteiger partial charge in [-0.15, -0.1) is 0 Å². The molecule has 0 aliphatic carbocycles. The number of nitriles is 1. The van der Waals surface area contributed by atoms with Crippen LogP contribution in [0.2, 0.25) is 0 Å². The Hall–Kier alpha value is -1.14. The minimum absolute atomic E-state index is 0.318. The Morgan fingerprint density at radius 2 is 2.17 bits per heavy atom. The molecule has 0 amide bonds. The van der Waals surface area contributed by atoms with E-state index in [1.165, 1.54) is 18.2 Å². The summed E-state index contributed by atoms with van der Waals surface area (Å²) in [4.78, 5) is 0. The van der Waals surface area contributed by atoms with Crippen molar-refractivity contribution in [2.75, 3.05) is 0 Å². The molecule has 60 valence electrons. The number of hydrogen-bond donors (Lipinski definition) is 0. The first-order valence-electron chi connectivity index (χ1n) is 3.24. The fourth-order valence-corrected chi connectivity index (χ4v) is 1.29. The number of hydrogen-bond acceptors (Lipinski definition) is 1. The van der Waals surface area contributed by atoms with Gasteiger partial charge in [-0.3, -0.25) is 0 Å². The van der Waals surface area contributed by atoms with Crippen molar-refractivity contribution in [3.63, 3.8) is 0 Å². The normalized spacial score (nSPS) is 10.1. The summed E-state index contributed by atoms with van der Waals surface area (Å²) in [5, 5.41) is 8.22. The lowest BCUT2D eigenvalue weighted by Crippen LogP contribution is -1.77. The molecule has 0 radical (unpaired) electrons. The van der Waals surface area contributed by atoms with Crippen LogP contribution in [0.3, 0.4) is 0 Å². The van der Waals surface area contributed by atoms with Gasteiger partial charge >= 0.3 is 0 Å². The Morgan fingerprint density at radius 1 is 1.42 bits per heavy atom. The van der Waals surface area contributed by atoms with E-state index in [1.807, 2.05) is 6.07 Å². The standard InChI is InChI=1S/C9H5BrFN/c10-8-4-7(2-1-3-12)5-9(11)6-8/h1-2,4-6H. The van der Waals surface area contributed by atoms with Crippen LogP contribution < -0.4 is 0 Å². The molecule has 1 rings (SSSR count). The van der Waals surface area contributed by atoms with E-state index in [9.17, 15) is 4.39 Å². The van der Waals surface area contributed by atoms with Gasteiger partial charge in [0.15, 0.2) is 0 Å². The molecule has 1 aromatic rings. The Morgan fingerprint density at radius 3 is 2.75 bits per heavy atom. The lowest BCUT2D eigenvalue weighted by atomic mass is 10.2. The van der Waals surface area contributed by atoms with Crippen LogP contribution in [0.1, 0.15) is 5.56 Å². The number of halogens is 2. The van der Waals surface area contributed by atoms with Crippen LogP contribution in [0.4, 0.5) is 4.39 Å². The van der Waals surface area contributed by atoms with Crippen molar-refractivity contribution < 1.29 is 4.39 Å². The van der Waals surface area contributed by atoms with Gasteiger partial charge in [-0.2, -0.15) is 5.26 Å². The van der Waals surface area contributed by atoms with E-state index in [4.69, 9.17) is 5.26 Å². The molecule has 0 heterocycles. The van der Waals surface area contributed by atoms with E-state index in [0.29, 0.717) is 10.0 Å². The number of nitrogens with zero attached hydrogens (tertiary/aromatic N) is 1. The predicted octanol–water partition coefficient (Wildman–Crippen LogP) is 3.12. The van der Waals surface area contributed by atoms with Crippen LogP contribution in [0.15, 0.2) is 28.7 Å². The largest absolute Gasteiger partial charge is 0.207 e. The molecule has 0 saturated carbocycles. The van der Waals surface area contributed by atoms with Gasteiger partial charge in [0.25, 0.3) is 0 Å². The fraction of sp³-hybridized carbons (Fsp3) is 0. The average Bonchev–Trinajstić information content (AvgIpc) is 1.99. The third-order valence-electron chi connectivity index (χ3n) is 1.24. The zero-order chi connectivity index (χ0) is 8.97. The Kier molecular flexibility index (Phi) is 3.01. The molecule has 0 aromatic heterocycles. The Labute approximate surface area is 78.3 Å². The van der Waals surface area contributed by atoms with Crippen LogP contribution in [0, 0.1) is 17.1 Å². The van der Waals surface area contributed by atoms with Gasteiger partial charge in [-0.1, -0.05) is 15.9 Å². The zero-order valence-electron chi connectivity index (χ0n) is 6.09. The van der Waals surface area contributed by atoms with Crippen molar-refractivity contribution >= 4 is 22.0 Å². The molecule has 0 spiro atoms. The molecule has 0 saturated heterocycles. The van der Waals surface area contributed by atoms with Crippen LogP contribution in [0.25, 0.3) is 6.08 Å². The van der Waals surface area contributed by atoms with E-state index in [-0.39, 0.29) is 5.82 Å². The summed E-state index contributed by atoms with van der Waals surface area (Å²) >= 11 is 3.15. The lowest BCUT2D eigenvalue weighted by Gasteiger charge is -1.94. The molecule has 0 fully saturated rings. The van der Waals surface area contributed by atoms with E-state index in [0.717, 1.165) is 0 Å². The summed E-state index contributed by atoms with van der Waals surface area (Å²) in [6.07, 6.45) is 2.86. The average molecular weight is 226 g/mol. The van der Waals surface area contributed by atoms with Crippen molar-refractivity contribution in [1.29, 1.82) is 5.26 Å². The quantitative estimate of drug-likeness (QED) is 0.675. The predicted molar refractivity (Wildman–Crippen MR) is 48.7 cm³/mol. The molecule has 0 bridgehead atoms. The fourth-order valence-electron chi connectivity index (χ4n) is 0.805. The minimum atomic E-state index is -0.318. The third kappa shape index (κ3) is 2.48. The summed E-state index contributed by atoms with van der Waals surface area (Å²) in [5.74, 6) is -0.318. The molecule has 3 heteroatoms. The Balaban J connectivity index is 3.03. The highest BCUT2D eigenvalue weighted by Crippen LogP contribution is 2.15. The van der Waals surface area contributed by atoms with E-state index >= 15 is 0 Å². The zero-order valence-corrected chi connectivity index (χ0v) is 7.68. The minimum Gasteiger partial charge on any atom is -0.207 e. The summed E-state index contributed by atoms with van der Waals surface area (Å²) in [7, 11) is 0. The van der Waals surface area contributed by atoms with Crippen molar-refractivity contribution in [2.45, 2.75) is 0 Å². The number of benzene rings is 1. The van der Waals surface area contributed by atoms with E-state index in [1.54, 1.807) is 12.1 Å². The SMILES string of the molecule is N#CC=Cc1cc(F)cc(Br)c1. The van der Waals surface area contributed by atoms with Crippen molar-refractivity contribution in [3.05, 3.63) is 40.1 Å². The first-order chi connectivity index (χ1) is 5.72. The molecule has 1 nitrogen and oxygen atoms in total. The van der Waals surface area contributed by atoms with Crippen molar-refractivity contribution in [2.24, 2.45) is 0 Å². The molecule has 0 atom stereocenters. The molecule has 0 aliphatic rings. The maximum atomic E-state index is 12.7. The lowest BCUT2D eigenvalue weighted by molar-refractivity contribution is 0.626. The van der Waals surface area contributed by atoms with Crippen LogP contribution >= 0.6 is 15.9 Å². The van der Waals surface area contributed by atoms with Crippen LogP contribution in [0.5, 0.6) is 0 Å². The van der Waals surface area contributed by atoms with Gasteiger partial charge in [0.05, 0.1) is 6.07 Å².